The topological polar surface area (TPSA) is 56.7 Å². The highest BCUT2D eigenvalue weighted by Crippen LogP contribution is 2.43. The largest absolute Gasteiger partial charge is 0.456 e. The maximum Gasteiger partial charge on any atom is 0.166 e. The van der Waals surface area contributed by atoms with Gasteiger partial charge in [-0.15, -0.1) is 22.7 Å². The van der Waals surface area contributed by atoms with E-state index in [1.165, 1.54) is 61.9 Å². The molecule has 0 saturated heterocycles. The molecule has 7 heteroatoms. The van der Waals surface area contributed by atoms with E-state index in [2.05, 4.69) is 174 Å². The van der Waals surface area contributed by atoms with E-state index in [0.29, 0.717) is 17.5 Å². The Balaban J connectivity index is 1.08. The van der Waals surface area contributed by atoms with Crippen LogP contribution in [0.25, 0.3) is 135 Å². The Bertz CT molecular complexity index is 4060. The SMILES string of the molecule is c1ccc2cc3c(cc2c1)c1ccccc1n3-c1cc2oc3ccccc3c2cc1-c1nc(-c2ccc3c(c2)sc2ccccc23)nc(-c2ccc3c(c2)sc2ccccc23)n1. The second kappa shape index (κ2) is 12.9. The number of aromatic nitrogens is 4. The fourth-order valence-corrected chi connectivity index (χ4v) is 11.8. The monoisotopic (exact) mass is 826 g/mol. The van der Waals surface area contributed by atoms with Crippen LogP contribution in [0.2, 0.25) is 0 Å². The Kier molecular flexibility index (Phi) is 7.08. The number of hydrogen-bond donors (Lipinski definition) is 0. The molecule has 9 aromatic carbocycles. The van der Waals surface area contributed by atoms with Crippen molar-refractivity contribution < 1.29 is 4.42 Å². The average molecular weight is 827 g/mol. The van der Waals surface area contributed by atoms with Crippen LogP contribution in [0, 0.1) is 0 Å². The number of nitrogens with zero attached hydrogens (tertiary/aromatic N) is 4. The molecule has 5 aromatic heterocycles. The first-order valence-electron chi connectivity index (χ1n) is 20.7. The lowest BCUT2D eigenvalue weighted by atomic mass is 10.0. The van der Waals surface area contributed by atoms with Gasteiger partial charge in [-0.3, -0.25) is 0 Å². The van der Waals surface area contributed by atoms with E-state index in [9.17, 15) is 0 Å². The van der Waals surface area contributed by atoms with E-state index >= 15 is 0 Å². The molecule has 0 aliphatic carbocycles. The lowest BCUT2D eigenvalue weighted by Crippen LogP contribution is -2.04. The highest BCUT2D eigenvalue weighted by atomic mass is 32.1. The average Bonchev–Trinajstić information content (AvgIpc) is 4.08. The van der Waals surface area contributed by atoms with Gasteiger partial charge in [0.2, 0.25) is 0 Å². The smallest absolute Gasteiger partial charge is 0.166 e. The van der Waals surface area contributed by atoms with Gasteiger partial charge < -0.3 is 8.98 Å². The van der Waals surface area contributed by atoms with Crippen molar-refractivity contribution in [1.29, 1.82) is 0 Å². The molecule has 0 aliphatic heterocycles. The van der Waals surface area contributed by atoms with E-state index in [4.69, 9.17) is 19.4 Å². The number of benzene rings is 9. The molecular weight excluding hydrogens is 797 g/mol. The first kappa shape index (κ1) is 34.0. The van der Waals surface area contributed by atoms with Crippen molar-refractivity contribution in [2.45, 2.75) is 0 Å². The zero-order chi connectivity index (χ0) is 40.5. The zero-order valence-corrected chi connectivity index (χ0v) is 34.5. The Labute approximate surface area is 361 Å². The summed E-state index contributed by atoms with van der Waals surface area (Å²) in [6, 6.07) is 65.0. The Morgan fingerprint density at radius 1 is 0.355 bits per heavy atom. The molecule has 0 fully saturated rings. The third kappa shape index (κ3) is 5.03. The molecular formula is C55H30N4OS2. The molecule has 14 aromatic rings. The Hall–Kier alpha value is -7.71. The zero-order valence-electron chi connectivity index (χ0n) is 32.8. The minimum Gasteiger partial charge on any atom is -0.456 e. The molecule has 0 saturated carbocycles. The van der Waals surface area contributed by atoms with Crippen molar-refractivity contribution in [2.75, 3.05) is 0 Å². The first-order valence-corrected chi connectivity index (χ1v) is 22.3. The number of furan rings is 1. The van der Waals surface area contributed by atoms with Crippen molar-refractivity contribution in [3.8, 4) is 39.9 Å². The quantitative estimate of drug-likeness (QED) is 0.177. The van der Waals surface area contributed by atoms with Crippen LogP contribution in [0.4, 0.5) is 0 Å². The molecule has 62 heavy (non-hydrogen) atoms. The second-order valence-corrected chi connectivity index (χ2v) is 18.1. The summed E-state index contributed by atoms with van der Waals surface area (Å²) in [5.74, 6) is 1.83. The van der Waals surface area contributed by atoms with Crippen molar-refractivity contribution in [3.63, 3.8) is 0 Å². The molecule has 0 aliphatic rings. The maximum absolute atomic E-state index is 6.63. The van der Waals surface area contributed by atoms with Crippen LogP contribution in [0.5, 0.6) is 0 Å². The highest BCUT2D eigenvalue weighted by molar-refractivity contribution is 7.26. The summed E-state index contributed by atoms with van der Waals surface area (Å²) in [6.07, 6.45) is 0. The minimum atomic E-state index is 0.590. The summed E-state index contributed by atoms with van der Waals surface area (Å²) in [5, 5.41) is 11.8. The lowest BCUT2D eigenvalue weighted by Gasteiger charge is -2.15. The number of thiophene rings is 2. The fraction of sp³-hybridized carbons (Fsp3) is 0. The van der Waals surface area contributed by atoms with Gasteiger partial charge in [-0.2, -0.15) is 0 Å². The molecule has 0 atom stereocenters. The van der Waals surface area contributed by atoms with Gasteiger partial charge in [0.25, 0.3) is 0 Å². The molecule has 5 nitrogen and oxygen atoms in total. The van der Waals surface area contributed by atoms with Gasteiger partial charge in [-0.05, 0) is 65.4 Å². The molecule has 0 spiro atoms. The van der Waals surface area contributed by atoms with Crippen LogP contribution in [0.15, 0.2) is 186 Å². The predicted octanol–water partition coefficient (Wildman–Crippen LogP) is 15.8. The van der Waals surface area contributed by atoms with Gasteiger partial charge in [0.05, 0.1) is 16.7 Å². The summed E-state index contributed by atoms with van der Waals surface area (Å²) in [7, 11) is 0. The van der Waals surface area contributed by atoms with Gasteiger partial charge in [0, 0.05) is 84.6 Å². The molecule has 0 bridgehead atoms. The van der Waals surface area contributed by atoms with Crippen molar-refractivity contribution in [1.82, 2.24) is 19.5 Å². The van der Waals surface area contributed by atoms with Crippen molar-refractivity contribution in [3.05, 3.63) is 182 Å². The highest BCUT2D eigenvalue weighted by Gasteiger charge is 2.23. The Morgan fingerprint density at radius 3 is 1.60 bits per heavy atom. The first-order chi connectivity index (χ1) is 30.7. The number of hydrogen-bond acceptors (Lipinski definition) is 6. The number of rotatable bonds is 4. The van der Waals surface area contributed by atoms with Crippen LogP contribution < -0.4 is 0 Å². The van der Waals surface area contributed by atoms with E-state index in [1.54, 1.807) is 22.7 Å². The van der Waals surface area contributed by atoms with Crippen LogP contribution in [-0.2, 0) is 0 Å². The van der Waals surface area contributed by atoms with Crippen molar-refractivity contribution >= 4 is 118 Å². The van der Waals surface area contributed by atoms with E-state index < -0.39 is 0 Å². The summed E-state index contributed by atoms with van der Waals surface area (Å²) in [4.78, 5) is 16.2. The Morgan fingerprint density at radius 2 is 0.903 bits per heavy atom. The van der Waals surface area contributed by atoms with E-state index in [-0.39, 0.29) is 0 Å². The van der Waals surface area contributed by atoms with Crippen molar-refractivity contribution in [2.24, 2.45) is 0 Å². The maximum atomic E-state index is 6.63. The van der Waals surface area contributed by atoms with Gasteiger partial charge in [-0.25, -0.2) is 15.0 Å². The van der Waals surface area contributed by atoms with E-state index in [0.717, 1.165) is 55.3 Å². The molecule has 0 radical (unpaired) electrons. The minimum absolute atomic E-state index is 0.590. The summed E-state index contributed by atoms with van der Waals surface area (Å²) in [6.45, 7) is 0. The summed E-state index contributed by atoms with van der Waals surface area (Å²) < 4.78 is 13.9. The number of para-hydroxylation sites is 2. The van der Waals surface area contributed by atoms with Crippen LogP contribution >= 0.6 is 22.7 Å². The molecule has 5 heterocycles. The van der Waals surface area contributed by atoms with Crippen LogP contribution in [0.3, 0.4) is 0 Å². The predicted molar refractivity (Wildman–Crippen MR) is 261 cm³/mol. The summed E-state index contributed by atoms with van der Waals surface area (Å²) >= 11 is 3.60. The normalized spacial score (nSPS) is 12.2. The van der Waals surface area contributed by atoms with Gasteiger partial charge in [0.1, 0.15) is 11.2 Å². The second-order valence-electron chi connectivity index (χ2n) is 16.0. The van der Waals surface area contributed by atoms with Gasteiger partial charge in [-0.1, -0.05) is 121 Å². The molecule has 0 N–H and O–H groups in total. The van der Waals surface area contributed by atoms with Gasteiger partial charge >= 0.3 is 0 Å². The third-order valence-corrected chi connectivity index (χ3v) is 14.7. The number of fused-ring (bicyclic) bond motifs is 13. The molecule has 0 amide bonds. The lowest BCUT2D eigenvalue weighted by molar-refractivity contribution is 0.668. The van der Waals surface area contributed by atoms with Gasteiger partial charge in [0.15, 0.2) is 17.5 Å². The molecule has 288 valence electrons. The molecule has 14 rings (SSSR count). The fourth-order valence-electron chi connectivity index (χ4n) is 9.52. The standard InChI is InChI=1S/C55H30N4OS2/c1-2-12-32-26-45-41(25-31(32)11-1)35-13-3-7-17-44(35)59(45)46-30-48-42(36-14-4-8-18-47(36)60-48)29-43(46)55-57-53(33-21-23-39-37-15-5-9-19-49(37)61-51(39)27-33)56-54(58-55)34-22-24-40-38-16-6-10-20-50(38)62-52(40)28-34/h1-30H. The summed E-state index contributed by atoms with van der Waals surface area (Å²) in [5.41, 5.74) is 7.53. The van der Waals surface area contributed by atoms with E-state index in [1.807, 2.05) is 12.1 Å². The third-order valence-electron chi connectivity index (χ3n) is 12.4. The van der Waals surface area contributed by atoms with Crippen LogP contribution in [0.1, 0.15) is 0 Å². The van der Waals surface area contributed by atoms with Crippen LogP contribution in [-0.4, -0.2) is 19.5 Å². The molecule has 0 unspecified atom stereocenters.